The summed E-state index contributed by atoms with van der Waals surface area (Å²) in [6.07, 6.45) is 9.10. The second kappa shape index (κ2) is 7.52. The minimum Gasteiger partial charge on any atom is -0.356 e. The molecule has 1 aliphatic carbocycles. The molecule has 2 rings (SSSR count). The van der Waals surface area contributed by atoms with Gasteiger partial charge >= 0.3 is 0 Å². The highest BCUT2D eigenvalue weighted by molar-refractivity contribution is 5.76. The van der Waals surface area contributed by atoms with Crippen LogP contribution in [0.15, 0.2) is 6.33 Å². The second-order valence-corrected chi connectivity index (χ2v) is 6.78. The zero-order valence-electron chi connectivity index (χ0n) is 13.2. The van der Waals surface area contributed by atoms with Gasteiger partial charge in [0.2, 0.25) is 5.91 Å². The van der Waals surface area contributed by atoms with Crippen molar-refractivity contribution in [3.8, 4) is 0 Å². The van der Waals surface area contributed by atoms with Crippen molar-refractivity contribution >= 4 is 5.91 Å². The molecular formula is C15H27N5O. The lowest BCUT2D eigenvalue weighted by molar-refractivity contribution is -0.124. The van der Waals surface area contributed by atoms with Crippen LogP contribution in [0.1, 0.15) is 58.8 Å². The third-order valence-electron chi connectivity index (χ3n) is 4.38. The summed E-state index contributed by atoms with van der Waals surface area (Å²) in [7, 11) is 0. The Morgan fingerprint density at radius 2 is 2.10 bits per heavy atom. The predicted molar refractivity (Wildman–Crippen MR) is 80.4 cm³/mol. The molecule has 1 aromatic heterocycles. The van der Waals surface area contributed by atoms with Crippen molar-refractivity contribution < 1.29 is 4.79 Å². The molecule has 0 bridgehead atoms. The SMILES string of the molecule is CC(C)CCNC(=O)CC1(Cn2cnnn2)CCCCC1. The molecule has 0 spiro atoms. The second-order valence-electron chi connectivity index (χ2n) is 6.78. The molecule has 118 valence electrons. The molecule has 1 aromatic rings. The van der Waals surface area contributed by atoms with Crippen molar-refractivity contribution in [1.82, 2.24) is 25.5 Å². The molecule has 0 saturated heterocycles. The number of hydrogen-bond donors (Lipinski definition) is 1. The lowest BCUT2D eigenvalue weighted by Crippen LogP contribution is -2.37. The van der Waals surface area contributed by atoms with Crippen LogP contribution in [0.4, 0.5) is 0 Å². The summed E-state index contributed by atoms with van der Waals surface area (Å²) in [5.41, 5.74) is 0.0234. The summed E-state index contributed by atoms with van der Waals surface area (Å²) in [4.78, 5) is 12.3. The molecule has 0 radical (unpaired) electrons. The fourth-order valence-electron chi connectivity index (χ4n) is 3.19. The van der Waals surface area contributed by atoms with Crippen LogP contribution in [0.25, 0.3) is 0 Å². The Hall–Kier alpha value is -1.46. The van der Waals surface area contributed by atoms with Crippen LogP contribution in [0.3, 0.4) is 0 Å². The molecule has 6 nitrogen and oxygen atoms in total. The molecule has 0 unspecified atom stereocenters. The molecule has 0 atom stereocenters. The average molecular weight is 293 g/mol. The fourth-order valence-corrected chi connectivity index (χ4v) is 3.19. The molecule has 0 aromatic carbocycles. The molecule has 1 aliphatic rings. The zero-order chi connectivity index (χ0) is 15.1. The standard InChI is InChI=1S/C15H27N5O/c1-13(2)6-9-16-14(21)10-15(7-4-3-5-8-15)11-20-12-17-18-19-20/h12-13H,3-11H2,1-2H3,(H,16,21). The molecule has 21 heavy (non-hydrogen) atoms. The topological polar surface area (TPSA) is 72.7 Å². The van der Waals surface area contributed by atoms with Gasteiger partial charge in [-0.1, -0.05) is 33.1 Å². The summed E-state index contributed by atoms with van der Waals surface area (Å²) < 4.78 is 1.77. The van der Waals surface area contributed by atoms with Gasteiger partial charge in [0.1, 0.15) is 6.33 Å². The number of nitrogens with zero attached hydrogens (tertiary/aromatic N) is 4. The fraction of sp³-hybridized carbons (Fsp3) is 0.867. The summed E-state index contributed by atoms with van der Waals surface area (Å²) in [6.45, 7) is 5.87. The van der Waals surface area contributed by atoms with Gasteiger partial charge in [-0.05, 0) is 41.0 Å². The smallest absolute Gasteiger partial charge is 0.220 e. The van der Waals surface area contributed by atoms with Gasteiger partial charge in [-0.2, -0.15) is 0 Å². The maximum atomic E-state index is 12.3. The first-order valence-corrected chi connectivity index (χ1v) is 8.07. The van der Waals surface area contributed by atoms with E-state index >= 15 is 0 Å². The van der Waals surface area contributed by atoms with E-state index in [4.69, 9.17) is 0 Å². The molecule has 0 aliphatic heterocycles. The van der Waals surface area contributed by atoms with Gasteiger partial charge in [0.25, 0.3) is 0 Å². The number of carbonyl (C=O) groups is 1. The third kappa shape index (κ3) is 5.10. The van der Waals surface area contributed by atoms with Gasteiger partial charge in [0, 0.05) is 13.0 Å². The average Bonchev–Trinajstić information content (AvgIpc) is 2.91. The molecule has 1 amide bonds. The van der Waals surface area contributed by atoms with Crippen molar-refractivity contribution in [3.63, 3.8) is 0 Å². The molecule has 1 fully saturated rings. The largest absolute Gasteiger partial charge is 0.356 e. The molecule has 1 N–H and O–H groups in total. The maximum Gasteiger partial charge on any atom is 0.220 e. The van der Waals surface area contributed by atoms with E-state index < -0.39 is 0 Å². The molecule has 6 heteroatoms. The van der Waals surface area contributed by atoms with E-state index in [0.717, 1.165) is 32.4 Å². The van der Waals surface area contributed by atoms with Crippen LogP contribution in [-0.2, 0) is 11.3 Å². The number of tetrazole rings is 1. The number of aromatic nitrogens is 4. The van der Waals surface area contributed by atoms with Crippen LogP contribution >= 0.6 is 0 Å². The van der Waals surface area contributed by atoms with Crippen molar-refractivity contribution in [2.45, 2.75) is 65.3 Å². The van der Waals surface area contributed by atoms with Crippen LogP contribution in [0.2, 0.25) is 0 Å². The Balaban J connectivity index is 1.91. The summed E-state index contributed by atoms with van der Waals surface area (Å²) in [5.74, 6) is 0.792. The Kier molecular flexibility index (Phi) is 5.70. The Morgan fingerprint density at radius 3 is 2.71 bits per heavy atom. The van der Waals surface area contributed by atoms with Crippen LogP contribution in [0, 0.1) is 11.3 Å². The quantitative estimate of drug-likeness (QED) is 0.836. The number of rotatable bonds is 7. The van der Waals surface area contributed by atoms with Crippen LogP contribution < -0.4 is 5.32 Å². The van der Waals surface area contributed by atoms with Crippen molar-refractivity contribution in [1.29, 1.82) is 0 Å². The van der Waals surface area contributed by atoms with Crippen molar-refractivity contribution in [3.05, 3.63) is 6.33 Å². The van der Waals surface area contributed by atoms with Gasteiger partial charge in [0.05, 0.1) is 6.54 Å². The summed E-state index contributed by atoms with van der Waals surface area (Å²) >= 11 is 0. The van der Waals surface area contributed by atoms with Gasteiger partial charge in [-0.15, -0.1) is 5.10 Å². The lowest BCUT2D eigenvalue weighted by Gasteiger charge is -2.36. The van der Waals surface area contributed by atoms with E-state index in [1.165, 1.54) is 19.3 Å². The normalized spacial score (nSPS) is 17.9. The number of amides is 1. The van der Waals surface area contributed by atoms with E-state index in [0.29, 0.717) is 12.3 Å². The van der Waals surface area contributed by atoms with Gasteiger partial charge in [-0.3, -0.25) is 4.79 Å². The minimum atomic E-state index is 0.0234. The van der Waals surface area contributed by atoms with Crippen molar-refractivity contribution in [2.24, 2.45) is 11.3 Å². The van der Waals surface area contributed by atoms with Gasteiger partial charge in [0.15, 0.2) is 0 Å². The van der Waals surface area contributed by atoms with E-state index in [1.54, 1.807) is 11.0 Å². The monoisotopic (exact) mass is 293 g/mol. The number of hydrogen-bond acceptors (Lipinski definition) is 4. The summed E-state index contributed by atoms with van der Waals surface area (Å²) in [6, 6.07) is 0. The first-order chi connectivity index (χ1) is 10.1. The van der Waals surface area contributed by atoms with E-state index in [1.807, 2.05) is 0 Å². The van der Waals surface area contributed by atoms with E-state index in [2.05, 4.69) is 34.7 Å². The highest BCUT2D eigenvalue weighted by Crippen LogP contribution is 2.40. The highest BCUT2D eigenvalue weighted by atomic mass is 16.1. The Morgan fingerprint density at radius 1 is 1.33 bits per heavy atom. The summed E-state index contributed by atoms with van der Waals surface area (Å²) in [5, 5.41) is 14.4. The zero-order valence-corrected chi connectivity index (χ0v) is 13.2. The Bertz CT molecular complexity index is 423. The Labute approximate surface area is 126 Å². The minimum absolute atomic E-state index is 0.0234. The van der Waals surface area contributed by atoms with E-state index in [9.17, 15) is 4.79 Å². The highest BCUT2D eigenvalue weighted by Gasteiger charge is 2.35. The van der Waals surface area contributed by atoms with E-state index in [-0.39, 0.29) is 11.3 Å². The first-order valence-electron chi connectivity index (χ1n) is 8.07. The van der Waals surface area contributed by atoms with Crippen molar-refractivity contribution in [2.75, 3.05) is 6.54 Å². The third-order valence-corrected chi connectivity index (χ3v) is 4.38. The van der Waals surface area contributed by atoms with Gasteiger partial charge < -0.3 is 5.32 Å². The number of nitrogens with one attached hydrogen (secondary N) is 1. The lowest BCUT2D eigenvalue weighted by atomic mass is 9.71. The maximum absolute atomic E-state index is 12.3. The van der Waals surface area contributed by atoms with Gasteiger partial charge in [-0.25, -0.2) is 4.68 Å². The number of carbonyl (C=O) groups excluding carboxylic acids is 1. The molecular weight excluding hydrogens is 266 g/mol. The van der Waals surface area contributed by atoms with Crippen LogP contribution in [0.5, 0.6) is 0 Å². The molecule has 1 heterocycles. The molecule has 1 saturated carbocycles. The predicted octanol–water partition coefficient (Wildman–Crippen LogP) is 2.18. The first kappa shape index (κ1) is 15.9. The van der Waals surface area contributed by atoms with Crippen LogP contribution in [-0.4, -0.2) is 32.7 Å².